The summed E-state index contributed by atoms with van der Waals surface area (Å²) < 4.78 is 0. The lowest BCUT2D eigenvalue weighted by Gasteiger charge is -2.28. The van der Waals surface area contributed by atoms with E-state index in [0.717, 1.165) is 45.1 Å². The lowest BCUT2D eigenvalue weighted by atomic mass is 10.00. The molecular weight excluding hydrogens is 272 g/mol. The van der Waals surface area contributed by atoms with Gasteiger partial charge in [0.1, 0.15) is 0 Å². The fourth-order valence-electron chi connectivity index (χ4n) is 2.71. The van der Waals surface area contributed by atoms with Gasteiger partial charge in [-0.15, -0.1) is 0 Å². The van der Waals surface area contributed by atoms with Gasteiger partial charge in [0.25, 0.3) is 0 Å². The predicted molar refractivity (Wildman–Crippen MR) is 94.3 cm³/mol. The van der Waals surface area contributed by atoms with Crippen molar-refractivity contribution >= 4 is 5.96 Å². The van der Waals surface area contributed by atoms with Gasteiger partial charge in [0.15, 0.2) is 5.96 Å². The van der Waals surface area contributed by atoms with E-state index in [1.54, 1.807) is 0 Å². The van der Waals surface area contributed by atoms with Crippen LogP contribution in [0.5, 0.6) is 0 Å². The maximum atomic E-state index is 4.70. The maximum absolute atomic E-state index is 4.70. The summed E-state index contributed by atoms with van der Waals surface area (Å²) in [5, 5.41) is 6.74. The van der Waals surface area contributed by atoms with Gasteiger partial charge in [-0.05, 0) is 45.2 Å². The first-order chi connectivity index (χ1) is 10.5. The Bertz CT molecular complexity index is 502. The van der Waals surface area contributed by atoms with E-state index in [0.29, 0.717) is 0 Å². The van der Waals surface area contributed by atoms with E-state index in [1.165, 1.54) is 11.1 Å². The molecule has 0 saturated heterocycles. The van der Waals surface area contributed by atoms with Crippen molar-refractivity contribution in [1.29, 1.82) is 0 Å². The highest BCUT2D eigenvalue weighted by atomic mass is 15.2. The Balaban J connectivity index is 1.85. The summed E-state index contributed by atoms with van der Waals surface area (Å²) in [7, 11) is 0. The zero-order valence-corrected chi connectivity index (χ0v) is 14.4. The van der Waals surface area contributed by atoms with Crippen LogP contribution in [0.1, 0.15) is 38.8 Å². The second-order valence-corrected chi connectivity index (χ2v) is 6.93. The predicted octanol–water partition coefficient (Wildman–Crippen LogP) is 2.40. The van der Waals surface area contributed by atoms with E-state index in [4.69, 9.17) is 4.99 Å². The molecule has 1 aliphatic rings. The molecule has 0 aromatic heterocycles. The smallest absolute Gasteiger partial charge is 0.191 e. The second kappa shape index (κ2) is 7.63. The summed E-state index contributed by atoms with van der Waals surface area (Å²) in [5.74, 6) is 0.910. The lowest BCUT2D eigenvalue weighted by molar-refractivity contribution is 0.261. The summed E-state index contributed by atoms with van der Waals surface area (Å²) in [4.78, 5) is 7.19. The molecular formula is C18H30N4. The number of guanidine groups is 1. The molecule has 122 valence electrons. The molecule has 1 aromatic carbocycles. The quantitative estimate of drug-likeness (QED) is 0.663. The molecule has 0 atom stereocenters. The molecule has 2 rings (SSSR count). The standard InChI is InChI=1S/C18H30N4/c1-5-19-17(21-18(2,3)4)20-11-13-22-12-10-15-8-6-7-9-16(15)14-22/h6-9H,5,10-14H2,1-4H3,(H2,19,20,21). The molecule has 1 aromatic rings. The Morgan fingerprint density at radius 3 is 2.64 bits per heavy atom. The average Bonchev–Trinajstić information content (AvgIpc) is 2.46. The number of hydrogen-bond donors (Lipinski definition) is 2. The van der Waals surface area contributed by atoms with Crippen molar-refractivity contribution in [2.45, 2.75) is 46.2 Å². The summed E-state index contributed by atoms with van der Waals surface area (Å²) in [6, 6.07) is 8.77. The van der Waals surface area contributed by atoms with Crippen molar-refractivity contribution in [3.05, 3.63) is 35.4 Å². The minimum atomic E-state index is 0.0328. The normalized spacial score (nSPS) is 16.3. The zero-order valence-electron chi connectivity index (χ0n) is 14.4. The molecule has 0 unspecified atom stereocenters. The molecule has 0 radical (unpaired) electrons. The van der Waals surface area contributed by atoms with E-state index < -0.39 is 0 Å². The average molecular weight is 302 g/mol. The molecule has 4 nitrogen and oxygen atoms in total. The third-order valence-corrected chi connectivity index (χ3v) is 3.73. The molecule has 22 heavy (non-hydrogen) atoms. The fraction of sp³-hybridized carbons (Fsp3) is 0.611. The summed E-state index contributed by atoms with van der Waals surface area (Å²) in [5.41, 5.74) is 3.01. The van der Waals surface area contributed by atoms with Crippen LogP contribution in [-0.4, -0.2) is 42.6 Å². The molecule has 1 heterocycles. The Hall–Kier alpha value is -1.55. The first kappa shape index (κ1) is 16.8. The van der Waals surface area contributed by atoms with Crippen LogP contribution in [-0.2, 0) is 13.0 Å². The van der Waals surface area contributed by atoms with Crippen molar-refractivity contribution in [2.24, 2.45) is 4.99 Å². The molecule has 0 fully saturated rings. The highest BCUT2D eigenvalue weighted by molar-refractivity contribution is 5.80. The number of benzene rings is 1. The van der Waals surface area contributed by atoms with Gasteiger partial charge in [0.05, 0.1) is 6.54 Å². The van der Waals surface area contributed by atoms with Gasteiger partial charge >= 0.3 is 0 Å². The molecule has 4 heteroatoms. The molecule has 0 spiro atoms. The van der Waals surface area contributed by atoms with Gasteiger partial charge in [-0.25, -0.2) is 0 Å². The van der Waals surface area contributed by atoms with Crippen LogP contribution in [0.4, 0.5) is 0 Å². The van der Waals surface area contributed by atoms with Crippen molar-refractivity contribution in [2.75, 3.05) is 26.2 Å². The van der Waals surface area contributed by atoms with Crippen LogP contribution < -0.4 is 10.6 Å². The zero-order chi connectivity index (χ0) is 16.0. The SMILES string of the molecule is CCNC(=NCCN1CCc2ccccc2C1)NC(C)(C)C. The number of fused-ring (bicyclic) bond motifs is 1. The number of aliphatic imine (C=N–C) groups is 1. The minimum absolute atomic E-state index is 0.0328. The minimum Gasteiger partial charge on any atom is -0.357 e. The number of nitrogens with one attached hydrogen (secondary N) is 2. The Kier molecular flexibility index (Phi) is 5.83. The molecule has 0 amide bonds. The number of nitrogens with zero attached hydrogens (tertiary/aromatic N) is 2. The van der Waals surface area contributed by atoms with Gasteiger partial charge in [-0.1, -0.05) is 24.3 Å². The van der Waals surface area contributed by atoms with Crippen molar-refractivity contribution in [3.8, 4) is 0 Å². The van der Waals surface area contributed by atoms with Crippen LogP contribution in [0, 0.1) is 0 Å². The van der Waals surface area contributed by atoms with E-state index in [9.17, 15) is 0 Å². The summed E-state index contributed by atoms with van der Waals surface area (Å²) in [6.45, 7) is 13.5. The largest absolute Gasteiger partial charge is 0.357 e. The fourth-order valence-corrected chi connectivity index (χ4v) is 2.71. The van der Waals surface area contributed by atoms with Crippen LogP contribution in [0.3, 0.4) is 0 Å². The lowest BCUT2D eigenvalue weighted by Crippen LogP contribution is -2.47. The molecule has 0 saturated carbocycles. The van der Waals surface area contributed by atoms with E-state index in [1.807, 2.05) is 0 Å². The highest BCUT2D eigenvalue weighted by Crippen LogP contribution is 2.17. The van der Waals surface area contributed by atoms with Gasteiger partial charge in [0.2, 0.25) is 0 Å². The molecule has 2 N–H and O–H groups in total. The first-order valence-corrected chi connectivity index (χ1v) is 8.33. The van der Waals surface area contributed by atoms with E-state index >= 15 is 0 Å². The third kappa shape index (κ3) is 5.34. The number of hydrogen-bond acceptors (Lipinski definition) is 2. The van der Waals surface area contributed by atoms with Gasteiger partial charge < -0.3 is 10.6 Å². The number of rotatable bonds is 4. The van der Waals surface area contributed by atoms with Crippen molar-refractivity contribution in [1.82, 2.24) is 15.5 Å². The first-order valence-electron chi connectivity index (χ1n) is 8.33. The Morgan fingerprint density at radius 2 is 1.95 bits per heavy atom. The Labute approximate surface area is 135 Å². The summed E-state index contributed by atoms with van der Waals surface area (Å²) >= 11 is 0. The molecule has 0 bridgehead atoms. The van der Waals surface area contributed by atoms with E-state index in [-0.39, 0.29) is 5.54 Å². The van der Waals surface area contributed by atoms with Crippen molar-refractivity contribution < 1.29 is 0 Å². The topological polar surface area (TPSA) is 39.7 Å². The summed E-state index contributed by atoms with van der Waals surface area (Å²) in [6.07, 6.45) is 1.15. The van der Waals surface area contributed by atoms with Gasteiger partial charge in [-0.2, -0.15) is 0 Å². The maximum Gasteiger partial charge on any atom is 0.191 e. The van der Waals surface area contributed by atoms with Gasteiger partial charge in [-0.3, -0.25) is 9.89 Å². The molecule has 0 aliphatic carbocycles. The third-order valence-electron chi connectivity index (χ3n) is 3.73. The monoisotopic (exact) mass is 302 g/mol. The van der Waals surface area contributed by atoms with Crippen LogP contribution in [0.15, 0.2) is 29.3 Å². The second-order valence-electron chi connectivity index (χ2n) is 6.93. The van der Waals surface area contributed by atoms with Crippen molar-refractivity contribution in [3.63, 3.8) is 0 Å². The van der Waals surface area contributed by atoms with E-state index in [2.05, 4.69) is 67.5 Å². The highest BCUT2D eigenvalue weighted by Gasteiger charge is 2.15. The Morgan fingerprint density at radius 1 is 1.23 bits per heavy atom. The van der Waals surface area contributed by atoms with Crippen LogP contribution >= 0.6 is 0 Å². The van der Waals surface area contributed by atoms with Crippen LogP contribution in [0.25, 0.3) is 0 Å². The molecule has 1 aliphatic heterocycles. The van der Waals surface area contributed by atoms with Crippen LogP contribution in [0.2, 0.25) is 0 Å². The van der Waals surface area contributed by atoms with Gasteiger partial charge in [0, 0.05) is 31.7 Å².